The van der Waals surface area contributed by atoms with Crippen LogP contribution < -0.4 is 32.1 Å². The molecular weight excluding hydrogens is 683 g/mol. The van der Waals surface area contributed by atoms with Crippen LogP contribution in [0.2, 0.25) is 0 Å². The highest BCUT2D eigenvalue weighted by atomic mass is 35.5. The van der Waals surface area contributed by atoms with Gasteiger partial charge < -0.3 is 35.4 Å². The molecule has 0 aliphatic carbocycles. The summed E-state index contributed by atoms with van der Waals surface area (Å²) in [5.74, 6) is -1.30. The van der Waals surface area contributed by atoms with E-state index in [1.54, 1.807) is 59.5 Å². The van der Waals surface area contributed by atoms with Crippen molar-refractivity contribution in [3.63, 3.8) is 0 Å². The minimum absolute atomic E-state index is 0. The van der Waals surface area contributed by atoms with E-state index in [9.17, 15) is 19.2 Å². The predicted octanol–water partition coefficient (Wildman–Crippen LogP) is 4.25. The lowest BCUT2D eigenvalue weighted by Crippen LogP contribution is -2.44. The van der Waals surface area contributed by atoms with Crippen LogP contribution in [0.1, 0.15) is 71.9 Å². The fraction of sp³-hybridized carbons (Fsp3) is 0.324. The molecule has 0 saturated heterocycles. The molecule has 0 saturated carbocycles. The molecule has 0 bridgehead atoms. The van der Waals surface area contributed by atoms with Crippen molar-refractivity contribution in [2.24, 2.45) is 26.9 Å². The van der Waals surface area contributed by atoms with Crippen molar-refractivity contribution in [1.82, 2.24) is 24.4 Å². The molecular formula is C34H44Cl2N10O4. The van der Waals surface area contributed by atoms with E-state index >= 15 is 0 Å². The number of alkyl halides is 1. The van der Waals surface area contributed by atoms with Gasteiger partial charge in [-0.3, -0.25) is 24.6 Å². The average molecular weight is 728 g/mol. The lowest BCUT2D eigenvalue weighted by molar-refractivity contribution is 0.0943. The van der Waals surface area contributed by atoms with E-state index in [1.165, 1.54) is 22.7 Å². The van der Waals surface area contributed by atoms with E-state index in [1.807, 2.05) is 26.0 Å². The lowest BCUT2D eigenvalue weighted by Gasteiger charge is -2.23. The third kappa shape index (κ3) is 9.14. The number of aryl methyl sites for hydroxylation is 5. The van der Waals surface area contributed by atoms with E-state index in [0.29, 0.717) is 34.9 Å². The highest BCUT2D eigenvalue weighted by Crippen LogP contribution is 2.24. The molecule has 3 aromatic heterocycles. The Balaban J connectivity index is 0.00000676. The highest BCUT2D eigenvalue weighted by Gasteiger charge is 2.24. The van der Waals surface area contributed by atoms with Crippen LogP contribution in [0.3, 0.4) is 0 Å². The number of rotatable bonds is 14. The molecule has 4 rings (SSSR count). The fourth-order valence-corrected chi connectivity index (χ4v) is 5.73. The Hall–Kier alpha value is -5.05. The summed E-state index contributed by atoms with van der Waals surface area (Å²) < 4.78 is 4.77. The molecule has 0 spiro atoms. The van der Waals surface area contributed by atoms with Crippen LogP contribution in [0.15, 0.2) is 48.9 Å². The maximum Gasteiger partial charge on any atom is 0.272 e. The number of halogens is 2. The van der Waals surface area contributed by atoms with Crippen LogP contribution in [-0.4, -0.2) is 62.1 Å². The normalized spacial score (nSPS) is 10.7. The summed E-state index contributed by atoms with van der Waals surface area (Å²) in [5.41, 5.74) is 14.3. The first-order valence-corrected chi connectivity index (χ1v) is 16.2. The summed E-state index contributed by atoms with van der Waals surface area (Å²) in [7, 11) is 5.05. The number of amides is 4. The third-order valence-corrected chi connectivity index (χ3v) is 8.21. The van der Waals surface area contributed by atoms with Crippen molar-refractivity contribution in [3.05, 3.63) is 88.3 Å². The number of nitrogens with two attached hydrogens (primary N) is 1. The number of amidine groups is 1. The van der Waals surface area contributed by atoms with Gasteiger partial charge in [0.15, 0.2) is 0 Å². The maximum atomic E-state index is 13.7. The Kier molecular flexibility index (Phi) is 13.4. The number of carbonyl (C=O) groups is 4. The number of hydrogen-bond acceptors (Lipinski definition) is 6. The van der Waals surface area contributed by atoms with Crippen molar-refractivity contribution in [3.8, 4) is 0 Å². The summed E-state index contributed by atoms with van der Waals surface area (Å²) in [4.78, 5) is 52.8. The van der Waals surface area contributed by atoms with Gasteiger partial charge in [-0.2, -0.15) is 0 Å². The van der Waals surface area contributed by atoms with Gasteiger partial charge >= 0.3 is 0 Å². The van der Waals surface area contributed by atoms with Crippen molar-refractivity contribution >= 4 is 70.5 Å². The number of aromatic nitrogens is 3. The molecule has 14 nitrogen and oxygen atoms in total. The maximum absolute atomic E-state index is 13.7. The first kappa shape index (κ1) is 39.4. The monoisotopic (exact) mass is 726 g/mol. The second kappa shape index (κ2) is 17.1. The molecule has 50 heavy (non-hydrogen) atoms. The molecule has 268 valence electrons. The smallest absolute Gasteiger partial charge is 0.272 e. The highest BCUT2D eigenvalue weighted by molar-refractivity contribution is 6.18. The van der Waals surface area contributed by atoms with Crippen LogP contribution in [0.4, 0.5) is 17.1 Å². The summed E-state index contributed by atoms with van der Waals surface area (Å²) in [6.45, 7) is 6.60. The van der Waals surface area contributed by atoms with Crippen molar-refractivity contribution < 1.29 is 19.2 Å². The van der Waals surface area contributed by atoms with Crippen molar-refractivity contribution in [2.45, 2.75) is 33.6 Å². The second-order valence-electron chi connectivity index (χ2n) is 11.8. The number of carbonyl (C=O) groups excluding carboxylic acids is 4. The molecule has 7 N–H and O–H groups in total. The first-order valence-electron chi connectivity index (χ1n) is 15.7. The molecule has 0 unspecified atom stereocenters. The number of hydrazine groups is 1. The van der Waals surface area contributed by atoms with Gasteiger partial charge in [0, 0.05) is 70.7 Å². The van der Waals surface area contributed by atoms with Gasteiger partial charge in [-0.05, 0) is 67.3 Å². The molecule has 4 amide bonds. The zero-order valence-corrected chi connectivity index (χ0v) is 30.5. The molecule has 0 radical (unpaired) electrons. The number of nitrogens with one attached hydrogen (secondary N) is 5. The molecule has 0 atom stereocenters. The zero-order chi connectivity index (χ0) is 36.0. The van der Waals surface area contributed by atoms with E-state index < -0.39 is 11.8 Å². The average Bonchev–Trinajstić information content (AvgIpc) is 3.72. The van der Waals surface area contributed by atoms with E-state index in [-0.39, 0.29) is 60.3 Å². The molecule has 4 aromatic rings. The fourth-order valence-electron chi connectivity index (χ4n) is 5.64. The van der Waals surface area contributed by atoms with Gasteiger partial charge in [-0.15, -0.1) is 24.0 Å². The topological polar surface area (TPSA) is 184 Å². The van der Waals surface area contributed by atoms with Gasteiger partial charge in [0.05, 0.1) is 22.9 Å². The van der Waals surface area contributed by atoms with Crippen LogP contribution >= 0.6 is 24.0 Å². The molecule has 0 aliphatic rings. The molecule has 0 aliphatic heterocycles. The standard InChI is InChI=1S/C34H43ClN10O4.ClH/c1-7-26-20(2)12-22(13-21(26)3)34(49)45(39-11-9-35)25-16-29(44(6)19-25)33(48)41-24-15-28(43(5)18-24)32(47)40-23-14-27(42(4)17-23)31(46)38-10-8-30(36)37;/h12-19,39H,7-11H2,1-6H3,(H3,36,37)(H,38,46)(H,40,47)(H,41,48);1H. The Bertz CT molecular complexity index is 1890. The summed E-state index contributed by atoms with van der Waals surface area (Å²) >= 11 is 5.95. The van der Waals surface area contributed by atoms with Gasteiger partial charge in [-0.1, -0.05) is 6.92 Å². The SMILES string of the molecule is CCc1c(C)cc(C(=O)N(NCCCl)c2cc(C(=O)Nc3cc(C(=O)Nc4cc(C(=O)NCCC(=N)N)n(C)c4)n(C)c3)n(C)c2)cc1C.Cl. The molecule has 1 aromatic carbocycles. The zero-order valence-electron chi connectivity index (χ0n) is 28.9. The van der Waals surface area contributed by atoms with E-state index in [2.05, 4.69) is 28.3 Å². The van der Waals surface area contributed by atoms with Crippen LogP contribution in [0.5, 0.6) is 0 Å². The van der Waals surface area contributed by atoms with E-state index in [0.717, 1.165) is 17.5 Å². The van der Waals surface area contributed by atoms with Gasteiger partial charge in [-0.25, -0.2) is 10.4 Å². The van der Waals surface area contributed by atoms with Crippen molar-refractivity contribution in [1.29, 1.82) is 5.41 Å². The van der Waals surface area contributed by atoms with Crippen LogP contribution in [0.25, 0.3) is 0 Å². The van der Waals surface area contributed by atoms with Crippen molar-refractivity contribution in [2.75, 3.05) is 34.6 Å². The van der Waals surface area contributed by atoms with Gasteiger partial charge in [0.1, 0.15) is 17.1 Å². The quantitative estimate of drug-likeness (QED) is 0.0488. The second-order valence-corrected chi connectivity index (χ2v) is 12.1. The molecule has 3 heterocycles. The Morgan fingerprint density at radius 2 is 1.30 bits per heavy atom. The number of anilines is 3. The number of benzene rings is 1. The van der Waals surface area contributed by atoms with Gasteiger partial charge in [0.2, 0.25) is 0 Å². The minimum Gasteiger partial charge on any atom is -0.388 e. The number of nitrogens with zero attached hydrogens (tertiary/aromatic N) is 4. The largest absolute Gasteiger partial charge is 0.388 e. The molecule has 16 heteroatoms. The summed E-state index contributed by atoms with van der Waals surface area (Å²) in [6.07, 6.45) is 5.99. The van der Waals surface area contributed by atoms with Gasteiger partial charge in [0.25, 0.3) is 23.6 Å². The Morgan fingerprint density at radius 1 is 0.800 bits per heavy atom. The Morgan fingerprint density at radius 3 is 1.80 bits per heavy atom. The molecule has 0 fully saturated rings. The van der Waals surface area contributed by atoms with Crippen LogP contribution in [-0.2, 0) is 27.6 Å². The lowest BCUT2D eigenvalue weighted by atomic mass is 9.97. The predicted molar refractivity (Wildman–Crippen MR) is 199 cm³/mol. The first-order chi connectivity index (χ1) is 23.2. The van der Waals surface area contributed by atoms with E-state index in [4.69, 9.17) is 22.7 Å². The minimum atomic E-state index is -0.449. The summed E-state index contributed by atoms with van der Waals surface area (Å²) in [6, 6.07) is 8.43. The number of hydrogen-bond donors (Lipinski definition) is 6. The van der Waals surface area contributed by atoms with Crippen LogP contribution in [0, 0.1) is 19.3 Å². The third-order valence-electron chi connectivity index (χ3n) is 8.02. The Labute approximate surface area is 302 Å². The summed E-state index contributed by atoms with van der Waals surface area (Å²) in [5, 5.41) is 17.0.